The Hall–Kier alpha value is -2.13. The SMILES string of the molecule is C[C@H](COC(=O)NS(=O)(=O)c1ccc(OC(C)(C)C)cc1)[C@H]1CC[C@H]2[C@@H]3[C@H](O)C[C@@H]4CC(=O)CC[C@]4(C)[C@H]3CC[C@]12C. The Kier molecular flexibility index (Phi) is 8.27. The fourth-order valence-corrected chi connectivity index (χ4v) is 10.4. The van der Waals surface area contributed by atoms with E-state index in [1.807, 2.05) is 25.5 Å². The second-order valence-electron chi connectivity index (χ2n) is 15.1. The van der Waals surface area contributed by atoms with Gasteiger partial charge in [-0.05, 0) is 130 Å². The molecule has 42 heavy (non-hydrogen) atoms. The molecule has 1 aromatic rings. The Balaban J connectivity index is 1.19. The topological polar surface area (TPSA) is 119 Å². The molecule has 0 bridgehead atoms. The van der Waals surface area contributed by atoms with Crippen LogP contribution in [-0.2, 0) is 19.6 Å². The van der Waals surface area contributed by atoms with Crippen LogP contribution in [0.15, 0.2) is 29.2 Å². The number of carbonyl (C=O) groups is 2. The molecule has 1 amide bonds. The molecule has 9 heteroatoms. The number of nitrogens with one attached hydrogen (secondary N) is 1. The van der Waals surface area contributed by atoms with Crippen molar-refractivity contribution in [2.24, 2.45) is 46.3 Å². The van der Waals surface area contributed by atoms with Crippen LogP contribution in [0.3, 0.4) is 0 Å². The van der Waals surface area contributed by atoms with Crippen LogP contribution in [0.2, 0.25) is 0 Å². The second kappa shape index (κ2) is 11.1. The van der Waals surface area contributed by atoms with Gasteiger partial charge in [0.25, 0.3) is 10.0 Å². The van der Waals surface area contributed by atoms with Crippen molar-refractivity contribution in [3.8, 4) is 5.75 Å². The largest absolute Gasteiger partial charge is 0.488 e. The summed E-state index contributed by atoms with van der Waals surface area (Å²) in [7, 11) is -4.09. The molecule has 0 spiro atoms. The lowest BCUT2D eigenvalue weighted by atomic mass is 9.44. The van der Waals surface area contributed by atoms with E-state index in [1.54, 1.807) is 12.1 Å². The van der Waals surface area contributed by atoms with Crippen LogP contribution in [0, 0.1) is 46.3 Å². The molecule has 5 rings (SSSR count). The highest BCUT2D eigenvalue weighted by molar-refractivity contribution is 7.90. The molecular weight excluding hydrogens is 554 g/mol. The van der Waals surface area contributed by atoms with E-state index >= 15 is 0 Å². The molecule has 8 nitrogen and oxygen atoms in total. The van der Waals surface area contributed by atoms with E-state index in [0.29, 0.717) is 42.1 Å². The third-order valence-corrected chi connectivity index (χ3v) is 12.8. The van der Waals surface area contributed by atoms with E-state index < -0.39 is 21.7 Å². The number of benzene rings is 1. The Labute approximate surface area is 251 Å². The standard InChI is InChI=1S/C33H49NO7S/c1-20(19-40-30(37)34-42(38,39)24-9-7-23(8-10-24)41-31(2,3)4)25-11-12-26-29-27(14-16-33(25,26)6)32(5)15-13-22(35)17-21(32)18-28(29)36/h7-10,20-21,25-29,36H,11-19H2,1-6H3,(H,34,37)/t20-,21+,25-,26+,27+,28-,29+,32+,33-/m1/s1. The van der Waals surface area contributed by atoms with Gasteiger partial charge in [0.15, 0.2) is 0 Å². The van der Waals surface area contributed by atoms with Gasteiger partial charge >= 0.3 is 6.09 Å². The number of hydrogen-bond acceptors (Lipinski definition) is 7. The van der Waals surface area contributed by atoms with Gasteiger partial charge in [-0.2, -0.15) is 0 Å². The summed E-state index contributed by atoms with van der Waals surface area (Å²) in [5.41, 5.74) is -0.267. The number of aliphatic hydroxyl groups is 1. The fraction of sp³-hybridized carbons (Fsp3) is 0.758. The molecular formula is C33H49NO7S. The van der Waals surface area contributed by atoms with Crippen LogP contribution in [-0.4, -0.2) is 43.7 Å². The van der Waals surface area contributed by atoms with E-state index in [-0.39, 0.29) is 46.2 Å². The van der Waals surface area contributed by atoms with E-state index in [9.17, 15) is 23.1 Å². The van der Waals surface area contributed by atoms with E-state index in [4.69, 9.17) is 9.47 Å². The van der Waals surface area contributed by atoms with Crippen LogP contribution >= 0.6 is 0 Å². The van der Waals surface area contributed by atoms with Gasteiger partial charge in [0.1, 0.15) is 17.1 Å². The summed E-state index contributed by atoms with van der Waals surface area (Å²) in [6, 6.07) is 5.94. The first-order chi connectivity index (χ1) is 19.5. The third-order valence-electron chi connectivity index (χ3n) is 11.5. The Bertz CT molecular complexity index is 1290. The monoisotopic (exact) mass is 603 g/mol. The number of aliphatic hydroxyl groups excluding tert-OH is 1. The van der Waals surface area contributed by atoms with Crippen LogP contribution in [0.25, 0.3) is 0 Å². The minimum absolute atomic E-state index is 0.0258. The van der Waals surface area contributed by atoms with Crippen LogP contribution in [0.4, 0.5) is 4.79 Å². The van der Waals surface area contributed by atoms with Gasteiger partial charge in [-0.1, -0.05) is 20.8 Å². The van der Waals surface area contributed by atoms with Crippen LogP contribution < -0.4 is 9.46 Å². The first-order valence-corrected chi connectivity index (χ1v) is 17.2. The third kappa shape index (κ3) is 5.84. The van der Waals surface area contributed by atoms with Crippen LogP contribution in [0.5, 0.6) is 5.75 Å². The van der Waals surface area contributed by atoms with Crippen molar-refractivity contribution in [3.05, 3.63) is 24.3 Å². The van der Waals surface area contributed by atoms with Crippen LogP contribution in [0.1, 0.15) is 92.9 Å². The highest BCUT2D eigenvalue weighted by atomic mass is 32.2. The summed E-state index contributed by atoms with van der Waals surface area (Å²) >= 11 is 0. The van der Waals surface area contributed by atoms with Gasteiger partial charge in [-0.3, -0.25) is 4.79 Å². The highest BCUT2D eigenvalue weighted by Crippen LogP contribution is 2.68. The number of ketones is 1. The molecule has 0 heterocycles. The van der Waals surface area contributed by atoms with E-state index in [1.165, 1.54) is 12.1 Å². The normalized spacial score (nSPS) is 37.2. The second-order valence-corrected chi connectivity index (χ2v) is 16.8. The van der Waals surface area contributed by atoms with Gasteiger partial charge in [0, 0.05) is 12.8 Å². The maximum atomic E-state index is 12.8. The fourth-order valence-electron chi connectivity index (χ4n) is 9.55. The van der Waals surface area contributed by atoms with Crippen molar-refractivity contribution in [1.29, 1.82) is 0 Å². The first kappa shape index (κ1) is 31.3. The minimum Gasteiger partial charge on any atom is -0.488 e. The maximum absolute atomic E-state index is 12.8. The highest BCUT2D eigenvalue weighted by Gasteiger charge is 2.63. The lowest BCUT2D eigenvalue weighted by molar-refractivity contribution is -0.169. The van der Waals surface area contributed by atoms with Crippen molar-refractivity contribution in [3.63, 3.8) is 0 Å². The molecule has 1 aromatic carbocycles. The number of sulfonamides is 1. The average molecular weight is 604 g/mol. The summed E-state index contributed by atoms with van der Waals surface area (Å²) in [5, 5.41) is 11.4. The summed E-state index contributed by atoms with van der Waals surface area (Å²) in [6.07, 6.45) is 5.75. The average Bonchev–Trinajstić information content (AvgIpc) is 3.24. The molecule has 0 aliphatic heterocycles. The van der Waals surface area contributed by atoms with Gasteiger partial charge in [-0.25, -0.2) is 17.9 Å². The van der Waals surface area contributed by atoms with Crippen molar-refractivity contribution in [2.45, 2.75) is 110 Å². The molecule has 4 aliphatic carbocycles. The Morgan fingerprint density at radius 3 is 2.40 bits per heavy atom. The number of ether oxygens (including phenoxy) is 2. The van der Waals surface area contributed by atoms with Crippen molar-refractivity contribution < 1.29 is 32.6 Å². The van der Waals surface area contributed by atoms with Crippen molar-refractivity contribution >= 4 is 21.9 Å². The Morgan fingerprint density at radius 2 is 1.74 bits per heavy atom. The van der Waals surface area contributed by atoms with Gasteiger partial charge in [-0.15, -0.1) is 0 Å². The van der Waals surface area contributed by atoms with E-state index in [2.05, 4.69) is 20.8 Å². The van der Waals surface area contributed by atoms with Gasteiger partial charge in [0.2, 0.25) is 0 Å². The molecule has 2 N–H and O–H groups in total. The molecule has 0 radical (unpaired) electrons. The molecule has 0 aromatic heterocycles. The predicted octanol–water partition coefficient (Wildman–Crippen LogP) is 6.11. The zero-order valence-electron chi connectivity index (χ0n) is 26.0. The molecule has 234 valence electrons. The maximum Gasteiger partial charge on any atom is 0.421 e. The summed E-state index contributed by atoms with van der Waals surface area (Å²) in [5.74, 6) is 2.61. The number of amides is 1. The smallest absolute Gasteiger partial charge is 0.421 e. The Morgan fingerprint density at radius 1 is 1.07 bits per heavy atom. The lowest BCUT2D eigenvalue weighted by Crippen LogP contribution is -2.58. The molecule has 9 atom stereocenters. The quantitative estimate of drug-likeness (QED) is 0.402. The van der Waals surface area contributed by atoms with Crippen molar-refractivity contribution in [1.82, 2.24) is 4.72 Å². The minimum atomic E-state index is -4.09. The summed E-state index contributed by atoms with van der Waals surface area (Å²) in [6.45, 7) is 12.7. The molecule has 4 fully saturated rings. The zero-order chi connectivity index (χ0) is 30.7. The van der Waals surface area contributed by atoms with Crippen molar-refractivity contribution in [2.75, 3.05) is 6.61 Å². The first-order valence-electron chi connectivity index (χ1n) is 15.7. The van der Waals surface area contributed by atoms with E-state index in [0.717, 1.165) is 38.5 Å². The number of carbonyl (C=O) groups excluding carboxylic acids is 2. The molecule has 4 saturated carbocycles. The zero-order valence-corrected chi connectivity index (χ0v) is 26.8. The molecule has 0 saturated heterocycles. The van der Waals surface area contributed by atoms with Gasteiger partial charge < -0.3 is 14.6 Å². The number of rotatable bonds is 6. The summed E-state index contributed by atoms with van der Waals surface area (Å²) in [4.78, 5) is 24.8. The molecule has 0 unspecified atom stereocenters. The van der Waals surface area contributed by atoms with Gasteiger partial charge in [0.05, 0.1) is 17.6 Å². The number of Topliss-reactive ketones (excluding diaryl/α,β-unsaturated/α-hetero) is 1. The lowest BCUT2D eigenvalue weighted by Gasteiger charge is -2.61. The predicted molar refractivity (Wildman–Crippen MR) is 159 cm³/mol. The number of hydrogen-bond donors (Lipinski definition) is 2. The summed E-state index contributed by atoms with van der Waals surface area (Å²) < 4.78 is 38.8. The molecule has 4 aliphatic rings. The number of fused-ring (bicyclic) bond motifs is 5.